The van der Waals surface area contributed by atoms with E-state index in [1.165, 1.54) is 6.07 Å². The van der Waals surface area contributed by atoms with Gasteiger partial charge in [-0.15, -0.1) is 0 Å². The van der Waals surface area contributed by atoms with E-state index >= 15 is 8.78 Å². The van der Waals surface area contributed by atoms with Crippen LogP contribution in [0.2, 0.25) is 0 Å². The van der Waals surface area contributed by atoms with Crippen LogP contribution in [-0.4, -0.2) is 12.1 Å². The highest BCUT2D eigenvalue weighted by atomic mass is 19.3. The van der Waals surface area contributed by atoms with Crippen LogP contribution >= 0.6 is 0 Å². The quantitative estimate of drug-likeness (QED) is 0.486. The zero-order valence-corrected chi connectivity index (χ0v) is 16.0. The molecule has 0 aliphatic heterocycles. The van der Waals surface area contributed by atoms with E-state index in [0.717, 1.165) is 38.4 Å². The van der Waals surface area contributed by atoms with Crippen LogP contribution in [0.5, 0.6) is 11.5 Å². The number of halogens is 4. The van der Waals surface area contributed by atoms with Gasteiger partial charge in [0.25, 0.3) is 0 Å². The largest absolute Gasteiger partial charge is 0.456 e. The summed E-state index contributed by atoms with van der Waals surface area (Å²) in [5.74, 6) is -5.22. The van der Waals surface area contributed by atoms with E-state index in [0.29, 0.717) is 17.4 Å². The SMILES string of the molecule is COC(C)(c1ccc(F)cc1F)C(F)(F)c1ccc(Oc2ccc(C#N)cc2)cn1. The Hall–Kier alpha value is -3.44. The zero-order chi connectivity index (χ0) is 21.9. The van der Waals surface area contributed by atoms with Crippen molar-refractivity contribution in [2.45, 2.75) is 18.4 Å². The van der Waals surface area contributed by atoms with Gasteiger partial charge in [-0.25, -0.2) is 8.78 Å². The summed E-state index contributed by atoms with van der Waals surface area (Å²) < 4.78 is 68.6. The van der Waals surface area contributed by atoms with E-state index in [4.69, 9.17) is 14.7 Å². The fourth-order valence-electron chi connectivity index (χ4n) is 2.89. The van der Waals surface area contributed by atoms with Gasteiger partial charge in [-0.1, -0.05) is 6.07 Å². The fraction of sp³-hybridized carbons (Fsp3) is 0.182. The number of hydrogen-bond donors (Lipinski definition) is 0. The summed E-state index contributed by atoms with van der Waals surface area (Å²) in [7, 11) is 1.01. The highest BCUT2D eigenvalue weighted by molar-refractivity contribution is 5.37. The second-order valence-electron chi connectivity index (χ2n) is 6.55. The second kappa shape index (κ2) is 8.13. The fourth-order valence-corrected chi connectivity index (χ4v) is 2.89. The van der Waals surface area contributed by atoms with E-state index in [2.05, 4.69) is 4.98 Å². The lowest BCUT2D eigenvalue weighted by Gasteiger charge is -2.36. The number of hydrogen-bond acceptors (Lipinski definition) is 4. The summed E-state index contributed by atoms with van der Waals surface area (Å²) in [5, 5.41) is 8.80. The average molecular weight is 416 g/mol. The molecule has 1 unspecified atom stereocenters. The second-order valence-corrected chi connectivity index (χ2v) is 6.55. The molecular weight excluding hydrogens is 400 g/mol. The third-order valence-electron chi connectivity index (χ3n) is 4.73. The van der Waals surface area contributed by atoms with Crippen molar-refractivity contribution >= 4 is 0 Å². The van der Waals surface area contributed by atoms with Crippen LogP contribution in [0.1, 0.15) is 23.7 Å². The van der Waals surface area contributed by atoms with Crippen molar-refractivity contribution in [3.8, 4) is 17.6 Å². The van der Waals surface area contributed by atoms with Crippen LogP contribution in [0.3, 0.4) is 0 Å². The Morgan fingerprint density at radius 2 is 1.63 bits per heavy atom. The molecule has 8 heteroatoms. The van der Waals surface area contributed by atoms with E-state index < -0.39 is 34.4 Å². The number of ether oxygens (including phenoxy) is 2. The first-order chi connectivity index (χ1) is 14.2. The van der Waals surface area contributed by atoms with Gasteiger partial charge in [0, 0.05) is 18.7 Å². The molecule has 30 heavy (non-hydrogen) atoms. The molecule has 0 radical (unpaired) electrons. The Balaban J connectivity index is 1.89. The first-order valence-corrected chi connectivity index (χ1v) is 8.74. The molecule has 3 rings (SSSR count). The normalized spacial score (nSPS) is 13.4. The maximum atomic E-state index is 15.3. The highest BCUT2D eigenvalue weighted by Crippen LogP contribution is 2.47. The van der Waals surface area contributed by atoms with Crippen molar-refractivity contribution in [1.29, 1.82) is 5.26 Å². The molecule has 0 fully saturated rings. The molecule has 154 valence electrons. The molecular formula is C22H16F4N2O2. The number of nitriles is 1. The number of pyridine rings is 1. The van der Waals surface area contributed by atoms with Crippen molar-refractivity contribution in [3.05, 3.63) is 89.2 Å². The molecule has 0 spiro atoms. The predicted octanol–water partition coefficient (Wildman–Crippen LogP) is 5.68. The number of aromatic nitrogens is 1. The number of methoxy groups -OCH3 is 1. The summed E-state index contributed by atoms with van der Waals surface area (Å²) >= 11 is 0. The zero-order valence-electron chi connectivity index (χ0n) is 16.0. The van der Waals surface area contributed by atoms with Gasteiger partial charge in [-0.3, -0.25) is 4.98 Å². The Kier molecular flexibility index (Phi) is 5.76. The van der Waals surface area contributed by atoms with Gasteiger partial charge in [-0.2, -0.15) is 14.0 Å². The number of rotatable bonds is 6. The smallest absolute Gasteiger partial charge is 0.321 e. The van der Waals surface area contributed by atoms with Crippen molar-refractivity contribution in [1.82, 2.24) is 4.98 Å². The van der Waals surface area contributed by atoms with Gasteiger partial charge in [0.05, 0.1) is 17.8 Å². The molecule has 1 heterocycles. The third-order valence-corrected chi connectivity index (χ3v) is 4.73. The molecule has 0 bridgehead atoms. The van der Waals surface area contributed by atoms with E-state index in [9.17, 15) is 8.78 Å². The van der Waals surface area contributed by atoms with Crippen molar-refractivity contribution in [3.63, 3.8) is 0 Å². The van der Waals surface area contributed by atoms with Gasteiger partial charge >= 0.3 is 5.92 Å². The third kappa shape index (κ3) is 3.84. The first-order valence-electron chi connectivity index (χ1n) is 8.74. The van der Waals surface area contributed by atoms with E-state index in [1.54, 1.807) is 24.3 Å². The van der Waals surface area contributed by atoms with E-state index in [1.807, 2.05) is 6.07 Å². The minimum absolute atomic E-state index is 0.186. The topological polar surface area (TPSA) is 55.1 Å². The minimum Gasteiger partial charge on any atom is -0.456 e. The molecule has 0 aliphatic rings. The maximum absolute atomic E-state index is 15.3. The van der Waals surface area contributed by atoms with Crippen LogP contribution in [0.4, 0.5) is 17.6 Å². The predicted molar refractivity (Wildman–Crippen MR) is 100 cm³/mol. The monoisotopic (exact) mass is 416 g/mol. The van der Waals surface area contributed by atoms with Crippen molar-refractivity contribution < 1.29 is 27.0 Å². The van der Waals surface area contributed by atoms with Crippen LogP contribution < -0.4 is 4.74 Å². The molecule has 0 saturated carbocycles. The van der Waals surface area contributed by atoms with Crippen LogP contribution in [0, 0.1) is 23.0 Å². The van der Waals surface area contributed by atoms with Gasteiger partial charge < -0.3 is 9.47 Å². The molecule has 0 amide bonds. The summed E-state index contributed by atoms with van der Waals surface area (Å²) in [6.45, 7) is 1.01. The molecule has 3 aromatic rings. The summed E-state index contributed by atoms with van der Waals surface area (Å²) in [6, 6.07) is 12.8. The molecule has 1 atom stereocenters. The maximum Gasteiger partial charge on any atom is 0.321 e. The van der Waals surface area contributed by atoms with Gasteiger partial charge in [0.1, 0.15) is 28.8 Å². The lowest BCUT2D eigenvalue weighted by molar-refractivity contribution is -0.205. The Morgan fingerprint density at radius 1 is 0.967 bits per heavy atom. The van der Waals surface area contributed by atoms with Gasteiger partial charge in [-0.05, 0) is 49.4 Å². The lowest BCUT2D eigenvalue weighted by Crippen LogP contribution is -2.43. The summed E-state index contributed by atoms with van der Waals surface area (Å²) in [6.07, 6.45) is 1.10. The highest BCUT2D eigenvalue weighted by Gasteiger charge is 2.55. The van der Waals surface area contributed by atoms with Crippen molar-refractivity contribution in [2.24, 2.45) is 0 Å². The minimum atomic E-state index is -3.76. The number of alkyl halides is 2. The molecule has 0 aliphatic carbocycles. The van der Waals surface area contributed by atoms with Crippen LogP contribution in [0.15, 0.2) is 60.8 Å². The molecule has 0 saturated heterocycles. The Labute approximate surface area is 170 Å². The van der Waals surface area contributed by atoms with Gasteiger partial charge in [0.2, 0.25) is 0 Å². The number of benzene rings is 2. The van der Waals surface area contributed by atoms with Crippen molar-refractivity contribution in [2.75, 3.05) is 7.11 Å². The molecule has 2 aromatic carbocycles. The van der Waals surface area contributed by atoms with E-state index in [-0.39, 0.29) is 5.75 Å². The molecule has 0 N–H and O–H groups in total. The molecule has 1 aromatic heterocycles. The standard InChI is InChI=1S/C22H16F4N2O2/c1-21(29-2,18-9-5-15(23)11-19(18)24)22(25,26)20-10-8-17(13-28-20)30-16-6-3-14(12-27)4-7-16/h3-11,13H,1-2H3. The summed E-state index contributed by atoms with van der Waals surface area (Å²) in [4.78, 5) is 3.76. The summed E-state index contributed by atoms with van der Waals surface area (Å²) in [5.41, 5.74) is -3.17. The van der Waals surface area contributed by atoms with Crippen LogP contribution in [0.25, 0.3) is 0 Å². The lowest BCUT2D eigenvalue weighted by atomic mass is 9.86. The van der Waals surface area contributed by atoms with Crippen LogP contribution in [-0.2, 0) is 16.3 Å². The Bertz CT molecular complexity index is 1080. The average Bonchev–Trinajstić information content (AvgIpc) is 2.74. The first kappa shape index (κ1) is 21.3. The number of nitrogens with zero attached hydrogens (tertiary/aromatic N) is 2. The van der Waals surface area contributed by atoms with Gasteiger partial charge in [0.15, 0.2) is 5.60 Å². The molecule has 4 nitrogen and oxygen atoms in total. The Morgan fingerprint density at radius 3 is 2.17 bits per heavy atom.